The highest BCUT2D eigenvalue weighted by molar-refractivity contribution is 5.70. The maximum atomic E-state index is 13.1. The molecule has 0 N–H and O–H groups in total. The molecule has 3 aliphatic rings. The number of hydrogen-bond acceptors (Lipinski definition) is 8. The van der Waals surface area contributed by atoms with Gasteiger partial charge in [0.2, 0.25) is 0 Å². The van der Waals surface area contributed by atoms with Gasteiger partial charge in [-0.25, -0.2) is 4.79 Å². The molecule has 8 nitrogen and oxygen atoms in total. The average molecular weight is 678 g/mol. The Kier molecular flexibility index (Phi) is 20.6. The quantitative estimate of drug-likeness (QED) is 0.0508. The molecule has 2 bridgehead atoms. The number of hydrogen-bond donors (Lipinski definition) is 0. The minimum absolute atomic E-state index is 0.0186. The number of carbonyl (C=O) groups is 3. The first-order valence-corrected chi connectivity index (χ1v) is 20.2. The maximum Gasteiger partial charge on any atom is 0.508 e. The van der Waals surface area contributed by atoms with Crippen LogP contribution in [0, 0.1) is 23.2 Å². The van der Waals surface area contributed by atoms with Gasteiger partial charge in [0.25, 0.3) is 0 Å². The van der Waals surface area contributed by atoms with E-state index in [1.165, 1.54) is 96.3 Å². The molecule has 48 heavy (non-hydrogen) atoms. The van der Waals surface area contributed by atoms with Gasteiger partial charge in [0.05, 0.1) is 18.9 Å². The van der Waals surface area contributed by atoms with Gasteiger partial charge in [0.15, 0.2) is 0 Å². The molecule has 3 rings (SSSR count). The predicted octanol–water partition coefficient (Wildman–Crippen LogP) is 9.81. The molecule has 1 aliphatic heterocycles. The zero-order chi connectivity index (χ0) is 34.3. The van der Waals surface area contributed by atoms with Crippen molar-refractivity contribution in [3.05, 3.63) is 0 Å². The summed E-state index contributed by atoms with van der Waals surface area (Å²) in [6.45, 7) is 8.07. The number of nitrogens with zero attached hydrogens (tertiary/aromatic N) is 1. The van der Waals surface area contributed by atoms with Crippen LogP contribution in [0.3, 0.4) is 0 Å². The molecule has 2 unspecified atom stereocenters. The number of carbonyl (C=O) groups excluding carboxylic acids is 3. The lowest BCUT2D eigenvalue weighted by atomic mass is 9.57. The smallest absolute Gasteiger partial charge is 0.465 e. The first-order chi connectivity index (χ1) is 23.4. The van der Waals surface area contributed by atoms with E-state index in [2.05, 4.69) is 18.7 Å². The van der Waals surface area contributed by atoms with Gasteiger partial charge in [0, 0.05) is 13.0 Å². The zero-order valence-electron chi connectivity index (χ0n) is 31.0. The van der Waals surface area contributed by atoms with E-state index in [-0.39, 0.29) is 37.2 Å². The molecule has 0 aromatic heterocycles. The highest BCUT2D eigenvalue weighted by Crippen LogP contribution is 2.53. The highest BCUT2D eigenvalue weighted by atomic mass is 16.7. The van der Waals surface area contributed by atoms with Crippen LogP contribution >= 0.6 is 0 Å². The minimum atomic E-state index is -0.726. The van der Waals surface area contributed by atoms with E-state index in [0.717, 1.165) is 70.5 Å². The molecule has 2 aliphatic carbocycles. The number of fused-ring (bicyclic) bond motifs is 2. The van der Waals surface area contributed by atoms with Gasteiger partial charge >= 0.3 is 18.1 Å². The number of likely N-dealkylation sites (tertiary alicyclic amines) is 1. The van der Waals surface area contributed by atoms with Crippen molar-refractivity contribution in [1.29, 1.82) is 0 Å². The summed E-state index contributed by atoms with van der Waals surface area (Å²) in [6.07, 6.45) is 26.6. The van der Waals surface area contributed by atoms with Gasteiger partial charge in [0.1, 0.15) is 19.8 Å². The van der Waals surface area contributed by atoms with E-state index in [0.29, 0.717) is 25.4 Å². The Balaban J connectivity index is 1.34. The summed E-state index contributed by atoms with van der Waals surface area (Å²) in [5.74, 6) is 0.567. The third-order valence-electron chi connectivity index (χ3n) is 11.2. The van der Waals surface area contributed by atoms with E-state index in [9.17, 15) is 14.4 Å². The Labute approximate surface area is 293 Å². The summed E-state index contributed by atoms with van der Waals surface area (Å²) in [5.41, 5.74) is 0.0600. The summed E-state index contributed by atoms with van der Waals surface area (Å²) in [4.78, 5) is 40.4. The van der Waals surface area contributed by atoms with Crippen molar-refractivity contribution >= 4 is 18.1 Å². The van der Waals surface area contributed by atoms with Crippen LogP contribution in [0.4, 0.5) is 4.79 Å². The van der Waals surface area contributed by atoms with Gasteiger partial charge in [-0.05, 0) is 81.7 Å². The summed E-state index contributed by atoms with van der Waals surface area (Å²) >= 11 is 0. The van der Waals surface area contributed by atoms with Crippen molar-refractivity contribution in [2.75, 3.05) is 46.1 Å². The second-order valence-electron chi connectivity index (χ2n) is 15.5. The fourth-order valence-corrected chi connectivity index (χ4v) is 8.46. The van der Waals surface area contributed by atoms with Crippen molar-refractivity contribution in [2.45, 2.75) is 168 Å². The van der Waals surface area contributed by atoms with E-state index in [4.69, 9.17) is 18.9 Å². The van der Waals surface area contributed by atoms with Gasteiger partial charge in [-0.15, -0.1) is 0 Å². The van der Waals surface area contributed by atoms with Crippen LogP contribution in [-0.2, 0) is 28.5 Å². The first kappa shape index (κ1) is 40.6. The Morgan fingerprint density at radius 1 is 0.708 bits per heavy atom. The molecule has 8 heteroatoms. The summed E-state index contributed by atoms with van der Waals surface area (Å²) < 4.78 is 22.1. The Bertz CT molecular complexity index is 891. The lowest BCUT2D eigenvalue weighted by molar-refractivity contribution is -0.153. The van der Waals surface area contributed by atoms with Gasteiger partial charge in [-0.1, -0.05) is 104 Å². The molecule has 0 aromatic carbocycles. The van der Waals surface area contributed by atoms with Crippen LogP contribution in [0.15, 0.2) is 0 Å². The second kappa shape index (κ2) is 24.3. The van der Waals surface area contributed by atoms with Gasteiger partial charge in [-0.2, -0.15) is 0 Å². The SMILES string of the molecule is CCCCCCCCCCCCCCC(=O)OCC(COC(=O)CC12CCC[C@@H](C[C@@H](CC)C1)C2)COC(=O)OCCCN1CCCC1. The van der Waals surface area contributed by atoms with Crippen LogP contribution in [0.25, 0.3) is 0 Å². The Morgan fingerprint density at radius 3 is 2.00 bits per heavy atom. The highest BCUT2D eigenvalue weighted by Gasteiger charge is 2.44. The third kappa shape index (κ3) is 17.2. The molecule has 0 aromatic rings. The number of ether oxygens (including phenoxy) is 4. The number of rotatable bonds is 26. The normalized spacial score (nSPS) is 23.0. The van der Waals surface area contributed by atoms with Crippen molar-refractivity contribution in [3.8, 4) is 0 Å². The number of unbranched alkanes of at least 4 members (excludes halogenated alkanes) is 11. The summed E-state index contributed by atoms with van der Waals surface area (Å²) in [6, 6.07) is 0. The minimum Gasteiger partial charge on any atom is -0.465 e. The van der Waals surface area contributed by atoms with Gasteiger partial charge in [-0.3, -0.25) is 9.59 Å². The van der Waals surface area contributed by atoms with Gasteiger partial charge < -0.3 is 23.8 Å². The van der Waals surface area contributed by atoms with Crippen LogP contribution in [-0.4, -0.2) is 69.1 Å². The van der Waals surface area contributed by atoms with Crippen LogP contribution in [0.2, 0.25) is 0 Å². The average Bonchev–Trinajstić information content (AvgIpc) is 3.60. The fourth-order valence-electron chi connectivity index (χ4n) is 8.46. The van der Waals surface area contributed by atoms with E-state index >= 15 is 0 Å². The standard InChI is InChI=1S/C40H71NO7/c1-3-5-6-7-8-9-10-11-12-13-14-15-21-37(42)46-31-36(33-48-39(44)45-26-19-25-41-23-16-17-24-41)32-47-38(43)30-40-22-18-20-35(29-40)27-34(4-2)28-40/h34-36H,3-33H2,1-2H3/t34-,35+,36?,40?/m1/s1. The molecule has 3 fully saturated rings. The largest absolute Gasteiger partial charge is 0.508 e. The summed E-state index contributed by atoms with van der Waals surface area (Å²) in [7, 11) is 0. The molecule has 1 saturated heterocycles. The monoisotopic (exact) mass is 678 g/mol. The Morgan fingerprint density at radius 2 is 1.33 bits per heavy atom. The van der Waals surface area contributed by atoms with Crippen LogP contribution < -0.4 is 0 Å². The predicted molar refractivity (Wildman–Crippen MR) is 191 cm³/mol. The third-order valence-corrected chi connectivity index (χ3v) is 11.2. The van der Waals surface area contributed by atoms with Crippen molar-refractivity contribution < 1.29 is 33.3 Å². The van der Waals surface area contributed by atoms with E-state index in [1.807, 2.05) is 0 Å². The van der Waals surface area contributed by atoms with E-state index < -0.39 is 12.1 Å². The molecule has 0 radical (unpaired) electrons. The molecule has 4 atom stereocenters. The molecule has 2 saturated carbocycles. The lowest BCUT2D eigenvalue weighted by Crippen LogP contribution is -2.39. The van der Waals surface area contributed by atoms with Crippen molar-refractivity contribution in [2.24, 2.45) is 23.2 Å². The molecular weight excluding hydrogens is 606 g/mol. The fraction of sp³-hybridized carbons (Fsp3) is 0.925. The Hall–Kier alpha value is -1.83. The molecule has 0 spiro atoms. The molecule has 278 valence electrons. The van der Waals surface area contributed by atoms with Crippen LogP contribution in [0.1, 0.15) is 168 Å². The van der Waals surface area contributed by atoms with E-state index in [1.54, 1.807) is 0 Å². The topological polar surface area (TPSA) is 91.4 Å². The zero-order valence-corrected chi connectivity index (χ0v) is 31.0. The van der Waals surface area contributed by atoms with Crippen molar-refractivity contribution in [3.63, 3.8) is 0 Å². The molecule has 0 amide bonds. The number of esters is 2. The van der Waals surface area contributed by atoms with Crippen molar-refractivity contribution in [1.82, 2.24) is 4.90 Å². The molecular formula is C40H71NO7. The maximum absolute atomic E-state index is 13.1. The molecule has 1 heterocycles. The second-order valence-corrected chi connectivity index (χ2v) is 15.5. The lowest BCUT2D eigenvalue weighted by Gasteiger charge is -2.48. The first-order valence-electron chi connectivity index (χ1n) is 20.2. The van der Waals surface area contributed by atoms with Crippen LogP contribution in [0.5, 0.6) is 0 Å². The summed E-state index contributed by atoms with van der Waals surface area (Å²) in [5, 5.41) is 0.